The lowest BCUT2D eigenvalue weighted by molar-refractivity contribution is 0.654. The smallest absolute Gasteiger partial charge is 0.138 e. The maximum atomic E-state index is 6.01. The summed E-state index contributed by atoms with van der Waals surface area (Å²) >= 11 is 0. The minimum Gasteiger partial charge on any atom is -0.456 e. The van der Waals surface area contributed by atoms with Crippen LogP contribution in [0.15, 0.2) is 46.9 Å². The van der Waals surface area contributed by atoms with Crippen molar-refractivity contribution < 1.29 is 4.42 Å². The Kier molecular flexibility index (Phi) is 3.06. The fraction of sp³-hybridized carbons (Fsp3) is 0.294. The summed E-state index contributed by atoms with van der Waals surface area (Å²) in [7, 11) is 0. The maximum Gasteiger partial charge on any atom is 0.138 e. The third kappa shape index (κ3) is 1.90. The van der Waals surface area contributed by atoms with Gasteiger partial charge in [-0.05, 0) is 24.5 Å². The quantitative estimate of drug-likeness (QED) is 0.561. The molecule has 0 saturated carbocycles. The first-order chi connectivity index (χ1) is 8.90. The first-order valence-corrected chi connectivity index (χ1v) is 6.79. The lowest BCUT2D eigenvalue weighted by Gasteiger charge is -2.01. The Bertz CT molecular complexity index is 663. The van der Waals surface area contributed by atoms with Crippen molar-refractivity contribution in [3.63, 3.8) is 0 Å². The molecule has 92 valence electrons. The zero-order chi connectivity index (χ0) is 12.4. The van der Waals surface area contributed by atoms with E-state index >= 15 is 0 Å². The Morgan fingerprint density at radius 2 is 1.72 bits per heavy atom. The number of benzene rings is 2. The Balaban J connectivity index is 2.09. The summed E-state index contributed by atoms with van der Waals surface area (Å²) in [5, 5.41) is 2.48. The van der Waals surface area contributed by atoms with Gasteiger partial charge in [0.15, 0.2) is 0 Å². The van der Waals surface area contributed by atoms with Gasteiger partial charge in [0.2, 0.25) is 0 Å². The highest BCUT2D eigenvalue weighted by molar-refractivity contribution is 6.05. The van der Waals surface area contributed by atoms with Gasteiger partial charge in [-0.15, -0.1) is 0 Å². The molecule has 3 rings (SSSR count). The first kappa shape index (κ1) is 11.3. The highest BCUT2D eigenvalue weighted by Crippen LogP contribution is 2.31. The standard InChI is InChI=1S/C17H18O/c1-2-3-4-8-13-9-7-11-15-14-10-5-6-12-16(14)18-17(13)15/h5-7,9-12H,2-4,8H2,1H3. The van der Waals surface area contributed by atoms with Crippen LogP contribution < -0.4 is 0 Å². The van der Waals surface area contributed by atoms with Crippen molar-refractivity contribution in [1.29, 1.82) is 0 Å². The molecule has 0 unspecified atom stereocenters. The van der Waals surface area contributed by atoms with Gasteiger partial charge >= 0.3 is 0 Å². The van der Waals surface area contributed by atoms with E-state index in [-0.39, 0.29) is 0 Å². The molecule has 0 aliphatic heterocycles. The average molecular weight is 238 g/mol. The molecule has 1 heterocycles. The molecule has 2 aromatic carbocycles. The molecule has 0 aliphatic carbocycles. The molecule has 0 amide bonds. The van der Waals surface area contributed by atoms with Crippen LogP contribution in [0.3, 0.4) is 0 Å². The van der Waals surface area contributed by atoms with E-state index in [4.69, 9.17) is 4.42 Å². The molecule has 0 saturated heterocycles. The van der Waals surface area contributed by atoms with Gasteiger partial charge in [-0.25, -0.2) is 0 Å². The number of para-hydroxylation sites is 2. The van der Waals surface area contributed by atoms with Crippen LogP contribution >= 0.6 is 0 Å². The van der Waals surface area contributed by atoms with Crippen LogP contribution in [0.1, 0.15) is 31.7 Å². The van der Waals surface area contributed by atoms with Crippen LogP contribution in [0.4, 0.5) is 0 Å². The van der Waals surface area contributed by atoms with Crippen molar-refractivity contribution in [3.05, 3.63) is 48.0 Å². The van der Waals surface area contributed by atoms with E-state index in [9.17, 15) is 0 Å². The number of hydrogen-bond acceptors (Lipinski definition) is 1. The first-order valence-electron chi connectivity index (χ1n) is 6.79. The summed E-state index contributed by atoms with van der Waals surface area (Å²) in [6.07, 6.45) is 4.91. The summed E-state index contributed by atoms with van der Waals surface area (Å²) < 4.78 is 6.01. The predicted molar refractivity (Wildman–Crippen MR) is 76.9 cm³/mol. The Labute approximate surface area is 107 Å². The van der Waals surface area contributed by atoms with E-state index < -0.39 is 0 Å². The maximum absolute atomic E-state index is 6.01. The molecule has 1 heteroatoms. The van der Waals surface area contributed by atoms with Crippen molar-refractivity contribution in [2.75, 3.05) is 0 Å². The van der Waals surface area contributed by atoms with E-state index in [1.165, 1.54) is 35.6 Å². The fourth-order valence-corrected chi connectivity index (χ4v) is 2.57. The number of fused-ring (bicyclic) bond motifs is 3. The second-order valence-electron chi connectivity index (χ2n) is 4.85. The van der Waals surface area contributed by atoms with Crippen LogP contribution in [0.5, 0.6) is 0 Å². The molecule has 0 bridgehead atoms. The van der Waals surface area contributed by atoms with E-state index in [2.05, 4.69) is 37.3 Å². The molecular weight excluding hydrogens is 220 g/mol. The zero-order valence-electron chi connectivity index (χ0n) is 10.8. The van der Waals surface area contributed by atoms with Crippen molar-refractivity contribution in [2.45, 2.75) is 32.6 Å². The normalized spacial score (nSPS) is 11.4. The Hall–Kier alpha value is -1.76. The number of rotatable bonds is 4. The number of hydrogen-bond donors (Lipinski definition) is 0. The van der Waals surface area contributed by atoms with Crippen molar-refractivity contribution in [3.8, 4) is 0 Å². The molecular formula is C17H18O. The topological polar surface area (TPSA) is 13.1 Å². The molecule has 1 aromatic heterocycles. The minimum absolute atomic E-state index is 0.996. The van der Waals surface area contributed by atoms with E-state index in [0.717, 1.165) is 17.6 Å². The molecule has 0 spiro atoms. The van der Waals surface area contributed by atoms with Crippen LogP contribution in [0, 0.1) is 0 Å². The molecule has 0 radical (unpaired) electrons. The Morgan fingerprint density at radius 3 is 2.61 bits per heavy atom. The third-order valence-electron chi connectivity index (χ3n) is 3.54. The number of aryl methyl sites for hydroxylation is 1. The zero-order valence-corrected chi connectivity index (χ0v) is 10.8. The van der Waals surface area contributed by atoms with Crippen LogP contribution in [0.25, 0.3) is 21.9 Å². The number of furan rings is 1. The van der Waals surface area contributed by atoms with Gasteiger partial charge in [0.05, 0.1) is 0 Å². The van der Waals surface area contributed by atoms with E-state index in [0.29, 0.717) is 0 Å². The highest BCUT2D eigenvalue weighted by Gasteiger charge is 2.09. The predicted octanol–water partition coefficient (Wildman–Crippen LogP) is 5.32. The van der Waals surface area contributed by atoms with Gasteiger partial charge in [-0.1, -0.05) is 56.2 Å². The van der Waals surface area contributed by atoms with Gasteiger partial charge < -0.3 is 4.42 Å². The van der Waals surface area contributed by atoms with Crippen molar-refractivity contribution in [2.24, 2.45) is 0 Å². The molecule has 0 fully saturated rings. The lowest BCUT2D eigenvalue weighted by atomic mass is 10.0. The minimum atomic E-state index is 0.996. The summed E-state index contributed by atoms with van der Waals surface area (Å²) in [6.45, 7) is 2.24. The van der Waals surface area contributed by atoms with Gasteiger partial charge in [0, 0.05) is 10.8 Å². The van der Waals surface area contributed by atoms with E-state index in [1.807, 2.05) is 12.1 Å². The molecule has 1 nitrogen and oxygen atoms in total. The lowest BCUT2D eigenvalue weighted by Crippen LogP contribution is -1.85. The summed E-state index contributed by atoms with van der Waals surface area (Å²) in [6, 6.07) is 14.8. The van der Waals surface area contributed by atoms with Crippen molar-refractivity contribution in [1.82, 2.24) is 0 Å². The van der Waals surface area contributed by atoms with Crippen molar-refractivity contribution >= 4 is 21.9 Å². The van der Waals surface area contributed by atoms with Gasteiger partial charge in [-0.3, -0.25) is 0 Å². The number of unbranched alkanes of at least 4 members (excludes halogenated alkanes) is 2. The SMILES string of the molecule is CCCCCc1cccc2c1oc1ccccc12. The molecule has 0 aliphatic rings. The van der Waals surface area contributed by atoms with E-state index in [1.54, 1.807) is 0 Å². The average Bonchev–Trinajstić information content (AvgIpc) is 2.79. The largest absolute Gasteiger partial charge is 0.456 e. The molecule has 0 atom stereocenters. The fourth-order valence-electron chi connectivity index (χ4n) is 2.57. The highest BCUT2D eigenvalue weighted by atomic mass is 16.3. The van der Waals surface area contributed by atoms with Gasteiger partial charge in [-0.2, -0.15) is 0 Å². The van der Waals surface area contributed by atoms with Gasteiger partial charge in [0.1, 0.15) is 11.2 Å². The summed E-state index contributed by atoms with van der Waals surface area (Å²) in [5.74, 6) is 0. The third-order valence-corrected chi connectivity index (χ3v) is 3.54. The Morgan fingerprint density at radius 1 is 0.889 bits per heavy atom. The monoisotopic (exact) mass is 238 g/mol. The second-order valence-corrected chi connectivity index (χ2v) is 4.85. The summed E-state index contributed by atoms with van der Waals surface area (Å²) in [4.78, 5) is 0. The van der Waals surface area contributed by atoms with Crippen LogP contribution in [-0.2, 0) is 6.42 Å². The molecule has 0 N–H and O–H groups in total. The second kappa shape index (κ2) is 4.85. The summed E-state index contributed by atoms with van der Waals surface area (Å²) in [5.41, 5.74) is 3.42. The van der Waals surface area contributed by atoms with Crippen LogP contribution in [-0.4, -0.2) is 0 Å². The van der Waals surface area contributed by atoms with Crippen LogP contribution in [0.2, 0.25) is 0 Å². The molecule has 18 heavy (non-hydrogen) atoms. The van der Waals surface area contributed by atoms with Gasteiger partial charge in [0.25, 0.3) is 0 Å². The molecule has 3 aromatic rings.